The number of amides is 1. The Balaban J connectivity index is 1.41. The molecule has 4 heterocycles. The molecule has 1 aromatic carbocycles. The second kappa shape index (κ2) is 9.59. The minimum atomic E-state index is -0.886. The van der Waals surface area contributed by atoms with Crippen molar-refractivity contribution in [2.75, 3.05) is 13.2 Å². The van der Waals surface area contributed by atoms with E-state index in [9.17, 15) is 13.6 Å². The summed E-state index contributed by atoms with van der Waals surface area (Å²) in [5.41, 5.74) is 2.37. The Kier molecular flexibility index (Phi) is 6.54. The third-order valence-corrected chi connectivity index (χ3v) is 7.92. The van der Waals surface area contributed by atoms with Gasteiger partial charge in [-0.1, -0.05) is 23.5 Å². The van der Waals surface area contributed by atoms with E-state index in [2.05, 4.69) is 38.2 Å². The maximum atomic E-state index is 14.0. The quantitative estimate of drug-likeness (QED) is 0.446. The highest BCUT2D eigenvalue weighted by Gasteiger charge is 2.33. The van der Waals surface area contributed by atoms with Crippen molar-refractivity contribution < 1.29 is 18.3 Å². The molecule has 0 saturated carbocycles. The third-order valence-electron chi connectivity index (χ3n) is 6.30. The number of carbonyl (C=O) groups excluding carboxylic acids is 1. The average molecular weight is 549 g/mol. The second-order valence-corrected chi connectivity index (χ2v) is 10.3. The van der Waals surface area contributed by atoms with Gasteiger partial charge < -0.3 is 15.4 Å². The Morgan fingerprint density at radius 2 is 2.24 bits per heavy atom. The van der Waals surface area contributed by atoms with E-state index in [1.165, 1.54) is 17.4 Å². The monoisotopic (exact) mass is 548 g/mol. The van der Waals surface area contributed by atoms with E-state index in [1.54, 1.807) is 12.3 Å². The number of fused-ring (bicyclic) bond motifs is 3. The van der Waals surface area contributed by atoms with Gasteiger partial charge in [0.15, 0.2) is 16.7 Å². The standard InChI is InChI=1S/C24H23BrF2N4O2S/c1-2-3-14-9-15(13-4-5-18(26)19(27)8-13)20(12-28-14)30-23(32)21-10-16-22-17(25)11-29-31(22)6-7-33-24(16)34-21/h2,4-5,8,10-11,14-15,20,28H,1,3,6-7,9,12H2,(H,30,32)/t14-,15+,20-/m1/s1. The Morgan fingerprint density at radius 1 is 1.38 bits per heavy atom. The Morgan fingerprint density at radius 3 is 3.03 bits per heavy atom. The second-order valence-electron chi connectivity index (χ2n) is 8.45. The van der Waals surface area contributed by atoms with Crippen LogP contribution in [-0.4, -0.2) is 40.9 Å². The summed E-state index contributed by atoms with van der Waals surface area (Å²) >= 11 is 4.83. The first-order valence-electron chi connectivity index (χ1n) is 11.0. The van der Waals surface area contributed by atoms with E-state index >= 15 is 0 Å². The lowest BCUT2D eigenvalue weighted by Crippen LogP contribution is -2.53. The number of rotatable bonds is 5. The predicted octanol–water partition coefficient (Wildman–Crippen LogP) is 4.86. The zero-order valence-corrected chi connectivity index (χ0v) is 20.6. The number of thiophene rings is 1. The van der Waals surface area contributed by atoms with Crippen LogP contribution in [0.5, 0.6) is 5.06 Å². The van der Waals surface area contributed by atoms with Crippen LogP contribution in [0.2, 0.25) is 0 Å². The van der Waals surface area contributed by atoms with Crippen LogP contribution < -0.4 is 15.4 Å². The number of piperidine rings is 1. The van der Waals surface area contributed by atoms with Crippen molar-refractivity contribution in [3.63, 3.8) is 0 Å². The van der Waals surface area contributed by atoms with Gasteiger partial charge in [0.25, 0.3) is 5.91 Å². The molecule has 1 fully saturated rings. The maximum Gasteiger partial charge on any atom is 0.261 e. The zero-order chi connectivity index (χ0) is 23.8. The van der Waals surface area contributed by atoms with E-state index < -0.39 is 11.6 Å². The molecular weight excluding hydrogens is 526 g/mol. The third kappa shape index (κ3) is 4.42. The van der Waals surface area contributed by atoms with Gasteiger partial charge in [0.05, 0.1) is 33.3 Å². The first kappa shape index (κ1) is 23.2. The molecule has 10 heteroatoms. The van der Waals surface area contributed by atoms with Gasteiger partial charge in [-0.15, -0.1) is 6.58 Å². The summed E-state index contributed by atoms with van der Waals surface area (Å²) in [5.74, 6) is -2.17. The van der Waals surface area contributed by atoms with Crippen molar-refractivity contribution in [3.8, 4) is 16.3 Å². The van der Waals surface area contributed by atoms with E-state index in [1.807, 2.05) is 16.8 Å². The molecule has 2 aromatic heterocycles. The van der Waals surface area contributed by atoms with Crippen LogP contribution in [0.3, 0.4) is 0 Å². The van der Waals surface area contributed by atoms with Gasteiger partial charge >= 0.3 is 0 Å². The molecule has 3 aromatic rings. The minimum absolute atomic E-state index is 0.146. The van der Waals surface area contributed by atoms with Crippen molar-refractivity contribution >= 4 is 33.2 Å². The summed E-state index contributed by atoms with van der Waals surface area (Å²) in [6, 6.07) is 5.64. The molecule has 34 heavy (non-hydrogen) atoms. The van der Waals surface area contributed by atoms with Crippen LogP contribution in [0.25, 0.3) is 11.3 Å². The van der Waals surface area contributed by atoms with Crippen molar-refractivity contribution in [1.82, 2.24) is 20.4 Å². The minimum Gasteiger partial charge on any atom is -0.481 e. The predicted molar refractivity (Wildman–Crippen MR) is 130 cm³/mol. The first-order valence-corrected chi connectivity index (χ1v) is 12.6. The molecule has 5 rings (SSSR count). The molecule has 6 nitrogen and oxygen atoms in total. The normalized spacial score (nSPS) is 21.7. The molecule has 0 unspecified atom stereocenters. The molecule has 1 saturated heterocycles. The maximum absolute atomic E-state index is 14.0. The van der Waals surface area contributed by atoms with Crippen LogP contribution >= 0.6 is 27.3 Å². The Labute approximate surface area is 208 Å². The first-order chi connectivity index (χ1) is 16.4. The van der Waals surface area contributed by atoms with Crippen molar-refractivity contribution in [2.45, 2.75) is 37.4 Å². The number of benzene rings is 1. The van der Waals surface area contributed by atoms with E-state index in [0.717, 1.165) is 28.2 Å². The highest BCUT2D eigenvalue weighted by Crippen LogP contribution is 2.43. The number of hydrogen-bond donors (Lipinski definition) is 2. The van der Waals surface area contributed by atoms with Crippen LogP contribution in [0.15, 0.2) is 47.6 Å². The number of hydrogen-bond acceptors (Lipinski definition) is 5. The summed E-state index contributed by atoms with van der Waals surface area (Å²) < 4.78 is 36.1. The highest BCUT2D eigenvalue weighted by atomic mass is 79.9. The number of ether oxygens (including phenoxy) is 1. The van der Waals surface area contributed by atoms with Crippen LogP contribution in [-0.2, 0) is 6.54 Å². The Hall–Kier alpha value is -2.56. The zero-order valence-electron chi connectivity index (χ0n) is 18.2. The van der Waals surface area contributed by atoms with Gasteiger partial charge in [-0.25, -0.2) is 8.78 Å². The number of nitrogens with one attached hydrogen (secondary N) is 2. The van der Waals surface area contributed by atoms with Crippen LogP contribution in [0.4, 0.5) is 8.78 Å². The Bertz CT molecular complexity index is 1240. The molecule has 0 aliphatic carbocycles. The molecule has 2 N–H and O–H groups in total. The van der Waals surface area contributed by atoms with Gasteiger partial charge in [-0.05, 0) is 52.5 Å². The van der Waals surface area contributed by atoms with Crippen molar-refractivity contribution in [2.24, 2.45) is 0 Å². The molecule has 2 aliphatic rings. The lowest BCUT2D eigenvalue weighted by molar-refractivity contribution is 0.0923. The lowest BCUT2D eigenvalue weighted by Gasteiger charge is -2.37. The van der Waals surface area contributed by atoms with Crippen molar-refractivity contribution in [3.05, 3.63) is 69.7 Å². The van der Waals surface area contributed by atoms with Gasteiger partial charge in [-0.2, -0.15) is 5.10 Å². The summed E-state index contributed by atoms with van der Waals surface area (Å²) in [6.07, 6.45) is 4.98. The SMILES string of the molecule is C=CC[C@@H]1C[C@@H](c2ccc(F)c(F)c2)[C@H](NC(=O)c2cc3c(s2)OCCn2ncc(Br)c2-3)CN1. The molecule has 178 valence electrons. The highest BCUT2D eigenvalue weighted by molar-refractivity contribution is 9.10. The molecule has 3 atom stereocenters. The summed E-state index contributed by atoms with van der Waals surface area (Å²) in [6.45, 7) is 5.40. The number of nitrogens with zero attached hydrogens (tertiary/aromatic N) is 2. The smallest absolute Gasteiger partial charge is 0.261 e. The summed E-state index contributed by atoms with van der Waals surface area (Å²) in [5, 5.41) is 11.6. The largest absolute Gasteiger partial charge is 0.481 e. The van der Waals surface area contributed by atoms with Gasteiger partial charge in [-0.3, -0.25) is 9.48 Å². The fourth-order valence-electron chi connectivity index (χ4n) is 4.66. The van der Waals surface area contributed by atoms with E-state index in [4.69, 9.17) is 4.74 Å². The fraction of sp³-hybridized carbons (Fsp3) is 0.333. The van der Waals surface area contributed by atoms with Gasteiger partial charge in [0, 0.05) is 24.5 Å². The molecule has 2 aliphatic heterocycles. The molecule has 1 amide bonds. The molecule has 0 radical (unpaired) electrons. The van der Waals surface area contributed by atoms with E-state index in [0.29, 0.717) is 41.6 Å². The lowest BCUT2D eigenvalue weighted by atomic mass is 9.81. The van der Waals surface area contributed by atoms with E-state index in [-0.39, 0.29) is 23.9 Å². The number of halogens is 3. The van der Waals surface area contributed by atoms with Gasteiger partial charge in [0.1, 0.15) is 6.61 Å². The molecule has 0 bridgehead atoms. The van der Waals surface area contributed by atoms with Gasteiger partial charge in [0.2, 0.25) is 0 Å². The van der Waals surface area contributed by atoms with Crippen LogP contribution in [0, 0.1) is 11.6 Å². The molecular formula is C24H23BrF2N4O2S. The molecule has 0 spiro atoms. The average Bonchev–Trinajstić information content (AvgIpc) is 3.35. The van der Waals surface area contributed by atoms with Crippen molar-refractivity contribution in [1.29, 1.82) is 0 Å². The summed E-state index contributed by atoms with van der Waals surface area (Å²) in [4.78, 5) is 13.8. The number of carbonyl (C=O) groups is 1. The topological polar surface area (TPSA) is 68.2 Å². The fourth-order valence-corrected chi connectivity index (χ4v) is 6.10. The number of aromatic nitrogens is 2. The summed E-state index contributed by atoms with van der Waals surface area (Å²) in [7, 11) is 0. The van der Waals surface area contributed by atoms with Crippen LogP contribution in [0.1, 0.15) is 34.0 Å².